The van der Waals surface area contributed by atoms with Crippen LogP contribution in [0.5, 0.6) is 0 Å². The molecule has 0 atom stereocenters. The van der Waals surface area contributed by atoms with Gasteiger partial charge in [-0.15, -0.1) is 0 Å². The fourth-order valence-electron chi connectivity index (χ4n) is 1.75. The van der Waals surface area contributed by atoms with Gasteiger partial charge in [0.2, 0.25) is 5.91 Å². The standard InChI is InChI=1S/C12H13N3O3/c1-12(2)11(18)14-9(16)7-15(12)10(17)8-4-3-5-13-6-8/h3-6H,7H2,1-2H3,(H,14,16,18). The largest absolute Gasteiger partial charge is 0.315 e. The van der Waals surface area contributed by atoms with Gasteiger partial charge in [0.25, 0.3) is 11.8 Å². The molecule has 1 saturated heterocycles. The fourth-order valence-corrected chi connectivity index (χ4v) is 1.75. The molecule has 1 fully saturated rings. The van der Waals surface area contributed by atoms with E-state index in [1.54, 1.807) is 32.2 Å². The summed E-state index contributed by atoms with van der Waals surface area (Å²) in [5.74, 6) is -1.33. The summed E-state index contributed by atoms with van der Waals surface area (Å²) in [4.78, 5) is 40.5. The van der Waals surface area contributed by atoms with Crippen LogP contribution in [-0.2, 0) is 9.59 Å². The van der Waals surface area contributed by atoms with Crippen molar-refractivity contribution in [3.05, 3.63) is 30.1 Å². The molecule has 0 aromatic carbocycles. The molecule has 1 aliphatic heterocycles. The number of aromatic nitrogens is 1. The van der Waals surface area contributed by atoms with E-state index < -0.39 is 17.4 Å². The molecule has 0 radical (unpaired) electrons. The van der Waals surface area contributed by atoms with Gasteiger partial charge in [-0.05, 0) is 26.0 Å². The number of piperazine rings is 1. The molecule has 1 aromatic heterocycles. The number of carbonyl (C=O) groups excluding carboxylic acids is 3. The van der Waals surface area contributed by atoms with Gasteiger partial charge < -0.3 is 4.90 Å². The van der Waals surface area contributed by atoms with Crippen molar-refractivity contribution in [1.29, 1.82) is 0 Å². The highest BCUT2D eigenvalue weighted by Gasteiger charge is 2.43. The molecule has 0 spiro atoms. The van der Waals surface area contributed by atoms with Crippen LogP contribution in [0.2, 0.25) is 0 Å². The molecule has 2 heterocycles. The highest BCUT2D eigenvalue weighted by molar-refractivity contribution is 6.08. The topological polar surface area (TPSA) is 79.4 Å². The highest BCUT2D eigenvalue weighted by Crippen LogP contribution is 2.20. The van der Waals surface area contributed by atoms with Gasteiger partial charge in [-0.3, -0.25) is 24.7 Å². The number of nitrogens with one attached hydrogen (secondary N) is 1. The molecule has 1 aliphatic rings. The van der Waals surface area contributed by atoms with Crippen LogP contribution in [0.3, 0.4) is 0 Å². The third-order valence-electron chi connectivity index (χ3n) is 2.94. The Morgan fingerprint density at radius 2 is 2.17 bits per heavy atom. The lowest BCUT2D eigenvalue weighted by Gasteiger charge is -2.40. The molecule has 1 N–H and O–H groups in total. The van der Waals surface area contributed by atoms with Crippen molar-refractivity contribution in [3.63, 3.8) is 0 Å². The molecule has 2 rings (SSSR count). The summed E-state index contributed by atoms with van der Waals surface area (Å²) >= 11 is 0. The van der Waals surface area contributed by atoms with E-state index >= 15 is 0 Å². The second-order valence-corrected chi connectivity index (χ2v) is 4.57. The zero-order valence-corrected chi connectivity index (χ0v) is 10.1. The second kappa shape index (κ2) is 4.21. The Morgan fingerprint density at radius 3 is 2.78 bits per heavy atom. The van der Waals surface area contributed by atoms with E-state index in [2.05, 4.69) is 10.3 Å². The minimum atomic E-state index is -1.05. The van der Waals surface area contributed by atoms with Crippen molar-refractivity contribution < 1.29 is 14.4 Å². The number of hydrogen-bond acceptors (Lipinski definition) is 4. The molecule has 3 amide bonds. The maximum Gasteiger partial charge on any atom is 0.256 e. The van der Waals surface area contributed by atoms with Gasteiger partial charge in [-0.1, -0.05) is 0 Å². The van der Waals surface area contributed by atoms with Crippen molar-refractivity contribution in [2.75, 3.05) is 6.54 Å². The Morgan fingerprint density at radius 1 is 1.44 bits per heavy atom. The maximum absolute atomic E-state index is 12.3. The predicted molar refractivity (Wildman–Crippen MR) is 62.5 cm³/mol. The smallest absolute Gasteiger partial charge is 0.256 e. The number of carbonyl (C=O) groups is 3. The van der Waals surface area contributed by atoms with Crippen LogP contribution < -0.4 is 5.32 Å². The Kier molecular flexibility index (Phi) is 2.86. The summed E-state index contributed by atoms with van der Waals surface area (Å²) < 4.78 is 0. The van der Waals surface area contributed by atoms with Crippen LogP contribution >= 0.6 is 0 Å². The normalized spacial score (nSPS) is 18.4. The zero-order valence-electron chi connectivity index (χ0n) is 10.1. The lowest BCUT2D eigenvalue weighted by atomic mass is 9.97. The van der Waals surface area contributed by atoms with E-state index in [1.165, 1.54) is 11.1 Å². The molecule has 0 aliphatic carbocycles. The highest BCUT2D eigenvalue weighted by atomic mass is 16.2. The third kappa shape index (κ3) is 1.97. The van der Waals surface area contributed by atoms with E-state index in [4.69, 9.17) is 0 Å². The molecule has 0 unspecified atom stereocenters. The molecule has 0 bridgehead atoms. The molecule has 1 aromatic rings. The van der Waals surface area contributed by atoms with Crippen LogP contribution in [0.15, 0.2) is 24.5 Å². The first-order valence-electron chi connectivity index (χ1n) is 5.49. The monoisotopic (exact) mass is 247 g/mol. The van der Waals surface area contributed by atoms with Gasteiger partial charge in [0.05, 0.1) is 5.56 Å². The summed E-state index contributed by atoms with van der Waals surface area (Å²) in [6, 6.07) is 3.23. The van der Waals surface area contributed by atoms with Gasteiger partial charge in [0, 0.05) is 12.4 Å². The van der Waals surface area contributed by atoms with E-state index in [9.17, 15) is 14.4 Å². The van der Waals surface area contributed by atoms with Crippen LogP contribution in [0.1, 0.15) is 24.2 Å². The predicted octanol–water partition coefficient (Wildman–Crippen LogP) is -0.0412. The van der Waals surface area contributed by atoms with Gasteiger partial charge in [0.15, 0.2) is 0 Å². The van der Waals surface area contributed by atoms with Crippen molar-refractivity contribution >= 4 is 17.7 Å². The summed E-state index contributed by atoms with van der Waals surface area (Å²) in [6.07, 6.45) is 2.96. The summed E-state index contributed by atoms with van der Waals surface area (Å²) in [5, 5.41) is 2.22. The number of pyridine rings is 1. The van der Waals surface area contributed by atoms with E-state index in [-0.39, 0.29) is 12.5 Å². The van der Waals surface area contributed by atoms with Crippen LogP contribution in [0.25, 0.3) is 0 Å². The summed E-state index contributed by atoms with van der Waals surface area (Å²) in [6.45, 7) is 3.07. The Bertz CT molecular complexity index is 511. The summed E-state index contributed by atoms with van der Waals surface area (Å²) in [7, 11) is 0. The number of imide groups is 1. The van der Waals surface area contributed by atoms with Crippen molar-refractivity contribution in [2.45, 2.75) is 19.4 Å². The Labute approximate surface area is 104 Å². The molecule has 6 nitrogen and oxygen atoms in total. The molecule has 6 heteroatoms. The third-order valence-corrected chi connectivity index (χ3v) is 2.94. The summed E-state index contributed by atoms with van der Waals surface area (Å²) in [5.41, 5.74) is -0.700. The van der Waals surface area contributed by atoms with Crippen LogP contribution in [0, 0.1) is 0 Å². The lowest BCUT2D eigenvalue weighted by Crippen LogP contribution is -2.65. The SMILES string of the molecule is CC1(C)C(=O)NC(=O)CN1C(=O)c1cccnc1. The minimum Gasteiger partial charge on any atom is -0.315 e. The zero-order chi connectivity index (χ0) is 13.3. The second-order valence-electron chi connectivity index (χ2n) is 4.57. The van der Waals surface area contributed by atoms with Crippen molar-refractivity contribution in [3.8, 4) is 0 Å². The quantitative estimate of drug-likeness (QED) is 0.706. The van der Waals surface area contributed by atoms with E-state index in [0.29, 0.717) is 5.56 Å². The first kappa shape index (κ1) is 12.2. The number of amides is 3. The molecule has 18 heavy (non-hydrogen) atoms. The van der Waals surface area contributed by atoms with Crippen LogP contribution in [0.4, 0.5) is 0 Å². The van der Waals surface area contributed by atoms with E-state index in [0.717, 1.165) is 0 Å². The fraction of sp³-hybridized carbons (Fsp3) is 0.333. The van der Waals surface area contributed by atoms with E-state index in [1.807, 2.05) is 0 Å². The average molecular weight is 247 g/mol. The van der Waals surface area contributed by atoms with Gasteiger partial charge in [-0.2, -0.15) is 0 Å². The molecule has 0 saturated carbocycles. The van der Waals surface area contributed by atoms with Gasteiger partial charge in [0.1, 0.15) is 12.1 Å². The van der Waals surface area contributed by atoms with Gasteiger partial charge in [-0.25, -0.2) is 0 Å². The number of nitrogens with zero attached hydrogens (tertiary/aromatic N) is 2. The van der Waals surface area contributed by atoms with Gasteiger partial charge >= 0.3 is 0 Å². The molecular weight excluding hydrogens is 234 g/mol. The van der Waals surface area contributed by atoms with Crippen molar-refractivity contribution in [1.82, 2.24) is 15.2 Å². The van der Waals surface area contributed by atoms with Crippen molar-refractivity contribution in [2.24, 2.45) is 0 Å². The Hall–Kier alpha value is -2.24. The van der Waals surface area contributed by atoms with Crippen LogP contribution in [-0.4, -0.2) is 39.7 Å². The molecule has 94 valence electrons. The number of rotatable bonds is 1. The first-order chi connectivity index (χ1) is 8.43. The minimum absolute atomic E-state index is 0.132. The Balaban J connectivity index is 2.34. The lowest BCUT2D eigenvalue weighted by molar-refractivity contribution is -0.143. The molecular formula is C12H13N3O3. The first-order valence-corrected chi connectivity index (χ1v) is 5.49. The maximum atomic E-state index is 12.3. The number of hydrogen-bond donors (Lipinski definition) is 1. The average Bonchev–Trinajstić information content (AvgIpc) is 2.34.